The number of nitrogens with one attached hydrogen (secondary N) is 2. The summed E-state index contributed by atoms with van der Waals surface area (Å²) in [4.78, 5) is 0. The van der Waals surface area contributed by atoms with E-state index in [9.17, 15) is 4.39 Å². The van der Waals surface area contributed by atoms with Crippen LogP contribution in [0.2, 0.25) is 5.02 Å². The minimum atomic E-state index is -0.202. The Morgan fingerprint density at radius 1 is 1.31 bits per heavy atom. The number of benzene rings is 1. The average Bonchev–Trinajstić information content (AvgIpc) is 3.06. The molecule has 2 N–H and O–H groups in total. The summed E-state index contributed by atoms with van der Waals surface area (Å²) >= 11 is 5.80. The Morgan fingerprint density at radius 3 is 2.88 bits per heavy atom. The largest absolute Gasteiger partial charge is 0.313 e. The summed E-state index contributed by atoms with van der Waals surface area (Å²) in [6.07, 6.45) is 2.59. The normalized spacial score (nSPS) is 15.4. The van der Waals surface area contributed by atoms with Crippen LogP contribution in [0.25, 0.3) is 0 Å². The SMILES string of the molecule is Fc1ccc(Cl)cc1CNCCNC1CC1. The van der Waals surface area contributed by atoms with Crippen molar-refractivity contribution in [3.63, 3.8) is 0 Å². The topological polar surface area (TPSA) is 24.1 Å². The number of hydrogen-bond donors (Lipinski definition) is 2. The third-order valence-corrected chi connectivity index (χ3v) is 2.87. The first-order valence-corrected chi connectivity index (χ1v) is 6.01. The van der Waals surface area contributed by atoms with Crippen molar-refractivity contribution in [2.45, 2.75) is 25.4 Å². The van der Waals surface area contributed by atoms with Gasteiger partial charge in [0, 0.05) is 36.3 Å². The van der Waals surface area contributed by atoms with Crippen LogP contribution in [0.4, 0.5) is 4.39 Å². The highest BCUT2D eigenvalue weighted by Crippen LogP contribution is 2.18. The lowest BCUT2D eigenvalue weighted by atomic mass is 10.2. The molecule has 1 fully saturated rings. The Hall–Kier alpha value is -0.640. The molecule has 2 nitrogen and oxygen atoms in total. The molecule has 1 aliphatic carbocycles. The first-order valence-electron chi connectivity index (χ1n) is 5.64. The zero-order valence-electron chi connectivity index (χ0n) is 9.10. The van der Waals surface area contributed by atoms with Gasteiger partial charge in [-0.05, 0) is 31.0 Å². The van der Waals surface area contributed by atoms with Gasteiger partial charge >= 0.3 is 0 Å². The maximum absolute atomic E-state index is 13.3. The van der Waals surface area contributed by atoms with Crippen LogP contribution in [0.1, 0.15) is 18.4 Å². The van der Waals surface area contributed by atoms with Crippen molar-refractivity contribution in [2.24, 2.45) is 0 Å². The van der Waals surface area contributed by atoms with E-state index in [0.29, 0.717) is 17.1 Å². The summed E-state index contributed by atoms with van der Waals surface area (Å²) in [5.41, 5.74) is 0.624. The Labute approximate surface area is 100 Å². The van der Waals surface area contributed by atoms with Crippen molar-refractivity contribution in [1.82, 2.24) is 10.6 Å². The van der Waals surface area contributed by atoms with Crippen molar-refractivity contribution in [3.8, 4) is 0 Å². The highest BCUT2D eigenvalue weighted by molar-refractivity contribution is 6.30. The maximum atomic E-state index is 13.3. The minimum Gasteiger partial charge on any atom is -0.313 e. The van der Waals surface area contributed by atoms with Gasteiger partial charge < -0.3 is 10.6 Å². The fourth-order valence-corrected chi connectivity index (χ4v) is 1.75. The summed E-state index contributed by atoms with van der Waals surface area (Å²) in [5, 5.41) is 7.16. The van der Waals surface area contributed by atoms with E-state index in [1.54, 1.807) is 12.1 Å². The molecule has 0 bridgehead atoms. The zero-order chi connectivity index (χ0) is 11.4. The number of halogens is 2. The monoisotopic (exact) mass is 242 g/mol. The van der Waals surface area contributed by atoms with Crippen LogP contribution in [-0.4, -0.2) is 19.1 Å². The molecule has 0 heterocycles. The molecule has 0 saturated heterocycles. The van der Waals surface area contributed by atoms with E-state index in [-0.39, 0.29) is 5.82 Å². The molecule has 1 aromatic rings. The maximum Gasteiger partial charge on any atom is 0.127 e. The Bertz CT molecular complexity index is 353. The van der Waals surface area contributed by atoms with Crippen LogP contribution in [-0.2, 0) is 6.54 Å². The summed E-state index contributed by atoms with van der Waals surface area (Å²) in [6.45, 7) is 2.31. The molecule has 0 aliphatic heterocycles. The summed E-state index contributed by atoms with van der Waals surface area (Å²) in [6, 6.07) is 5.36. The van der Waals surface area contributed by atoms with Gasteiger partial charge in [0.05, 0.1) is 0 Å². The molecule has 0 aromatic heterocycles. The fourth-order valence-electron chi connectivity index (χ4n) is 1.55. The molecule has 0 unspecified atom stereocenters. The van der Waals surface area contributed by atoms with Gasteiger partial charge in [-0.2, -0.15) is 0 Å². The number of hydrogen-bond acceptors (Lipinski definition) is 2. The highest BCUT2D eigenvalue weighted by atomic mass is 35.5. The smallest absolute Gasteiger partial charge is 0.127 e. The van der Waals surface area contributed by atoms with Crippen molar-refractivity contribution >= 4 is 11.6 Å². The van der Waals surface area contributed by atoms with Gasteiger partial charge in [-0.15, -0.1) is 0 Å². The Morgan fingerprint density at radius 2 is 2.12 bits per heavy atom. The van der Waals surface area contributed by atoms with Crippen LogP contribution in [0.15, 0.2) is 18.2 Å². The van der Waals surface area contributed by atoms with E-state index < -0.39 is 0 Å². The van der Waals surface area contributed by atoms with E-state index in [1.165, 1.54) is 18.9 Å². The highest BCUT2D eigenvalue weighted by Gasteiger charge is 2.19. The molecule has 4 heteroatoms. The summed E-state index contributed by atoms with van der Waals surface area (Å²) in [7, 11) is 0. The zero-order valence-corrected chi connectivity index (χ0v) is 9.86. The number of rotatable bonds is 6. The predicted molar refractivity (Wildman–Crippen MR) is 64.1 cm³/mol. The molecule has 0 amide bonds. The lowest BCUT2D eigenvalue weighted by Gasteiger charge is -2.07. The second kappa shape index (κ2) is 5.62. The minimum absolute atomic E-state index is 0.202. The molecular weight excluding hydrogens is 227 g/mol. The van der Waals surface area contributed by atoms with Crippen LogP contribution in [0.3, 0.4) is 0 Å². The third kappa shape index (κ3) is 3.74. The Kier molecular flexibility index (Phi) is 4.16. The summed E-state index contributed by atoms with van der Waals surface area (Å²) < 4.78 is 13.3. The lowest BCUT2D eigenvalue weighted by molar-refractivity contribution is 0.572. The third-order valence-electron chi connectivity index (χ3n) is 2.64. The Balaban J connectivity index is 1.69. The molecule has 1 aliphatic rings. The van der Waals surface area contributed by atoms with Gasteiger partial charge in [0.15, 0.2) is 0 Å². The molecule has 1 saturated carbocycles. The van der Waals surface area contributed by atoms with E-state index >= 15 is 0 Å². The van der Waals surface area contributed by atoms with Gasteiger partial charge in [-0.1, -0.05) is 11.6 Å². The molecular formula is C12H16ClFN2. The van der Waals surface area contributed by atoms with Crippen molar-refractivity contribution < 1.29 is 4.39 Å². The van der Waals surface area contributed by atoms with Crippen LogP contribution in [0, 0.1) is 5.82 Å². The average molecular weight is 243 g/mol. The standard InChI is InChI=1S/C12H16ClFN2/c13-10-1-4-12(14)9(7-10)8-15-5-6-16-11-2-3-11/h1,4,7,11,15-16H,2-3,5-6,8H2. The molecule has 1 aromatic carbocycles. The van der Waals surface area contributed by atoms with Crippen LogP contribution < -0.4 is 10.6 Å². The first kappa shape index (κ1) is 11.8. The van der Waals surface area contributed by atoms with Gasteiger partial charge in [-0.25, -0.2) is 4.39 Å². The van der Waals surface area contributed by atoms with Gasteiger partial charge in [0.2, 0.25) is 0 Å². The van der Waals surface area contributed by atoms with Crippen molar-refractivity contribution in [1.29, 1.82) is 0 Å². The molecule has 0 atom stereocenters. The van der Waals surface area contributed by atoms with Gasteiger partial charge in [0.1, 0.15) is 5.82 Å². The summed E-state index contributed by atoms with van der Waals surface area (Å²) in [5.74, 6) is -0.202. The second-order valence-corrected chi connectivity index (χ2v) is 4.58. The predicted octanol–water partition coefficient (Wildman–Crippen LogP) is 2.32. The van der Waals surface area contributed by atoms with E-state index in [0.717, 1.165) is 19.1 Å². The van der Waals surface area contributed by atoms with Gasteiger partial charge in [-0.3, -0.25) is 0 Å². The van der Waals surface area contributed by atoms with Gasteiger partial charge in [0.25, 0.3) is 0 Å². The van der Waals surface area contributed by atoms with Crippen LogP contribution >= 0.6 is 11.6 Å². The molecule has 2 rings (SSSR count). The van der Waals surface area contributed by atoms with Crippen molar-refractivity contribution in [3.05, 3.63) is 34.6 Å². The quantitative estimate of drug-likeness (QED) is 0.749. The van der Waals surface area contributed by atoms with E-state index in [4.69, 9.17) is 11.6 Å². The molecule has 88 valence electrons. The van der Waals surface area contributed by atoms with Crippen molar-refractivity contribution in [2.75, 3.05) is 13.1 Å². The van der Waals surface area contributed by atoms with E-state index in [1.807, 2.05) is 0 Å². The first-order chi connectivity index (χ1) is 7.75. The molecule has 0 spiro atoms. The fraction of sp³-hybridized carbons (Fsp3) is 0.500. The molecule has 0 radical (unpaired) electrons. The van der Waals surface area contributed by atoms with E-state index in [2.05, 4.69) is 10.6 Å². The van der Waals surface area contributed by atoms with Crippen LogP contribution in [0.5, 0.6) is 0 Å². The second-order valence-electron chi connectivity index (χ2n) is 4.14. The molecule has 16 heavy (non-hydrogen) atoms. The lowest BCUT2D eigenvalue weighted by Crippen LogP contribution is -2.28.